The molecular weight excluding hydrogens is 361 g/mol. The highest BCUT2D eigenvalue weighted by molar-refractivity contribution is 5.87. The number of piperidine rings is 1. The molecule has 2 nitrogen and oxygen atoms in total. The quantitative estimate of drug-likeness (QED) is 0.693. The van der Waals surface area contributed by atoms with E-state index in [0.717, 1.165) is 29.5 Å². The predicted octanol–water partition coefficient (Wildman–Crippen LogP) is 4.91. The van der Waals surface area contributed by atoms with Gasteiger partial charge in [0.25, 0.3) is 0 Å². The summed E-state index contributed by atoms with van der Waals surface area (Å²) in [5.41, 5.74) is 2.11. The number of Topliss-reactive ketones (excluding diaryl/α,β-unsaturated/α-hetero) is 1. The van der Waals surface area contributed by atoms with E-state index in [1.807, 2.05) is 30.3 Å². The Morgan fingerprint density at radius 1 is 1.00 bits per heavy atom. The first kappa shape index (κ1) is 19.5. The fourth-order valence-electron chi connectivity index (χ4n) is 3.99. The van der Waals surface area contributed by atoms with E-state index >= 15 is 0 Å². The van der Waals surface area contributed by atoms with Crippen LogP contribution in [0.4, 0.5) is 4.39 Å². The summed E-state index contributed by atoms with van der Waals surface area (Å²) in [6.45, 7) is 1.58. The van der Waals surface area contributed by atoms with E-state index in [1.165, 1.54) is 17.5 Å². The largest absolute Gasteiger partial charge is 0.316 e. The number of hydrogen-bond donors (Lipinski definition) is 1. The van der Waals surface area contributed by atoms with E-state index in [4.69, 9.17) is 0 Å². The number of halogens is 2. The molecule has 2 atom stereocenters. The minimum Gasteiger partial charge on any atom is -0.316 e. The molecular formula is C23H23ClFNO. The van der Waals surface area contributed by atoms with Crippen molar-refractivity contribution in [2.75, 3.05) is 13.1 Å². The molecule has 140 valence electrons. The predicted molar refractivity (Wildman–Crippen MR) is 110 cm³/mol. The lowest BCUT2D eigenvalue weighted by molar-refractivity contribution is -0.123. The van der Waals surface area contributed by atoms with Crippen LogP contribution in [0.2, 0.25) is 0 Å². The Labute approximate surface area is 165 Å². The molecule has 0 amide bonds. The number of fused-ring (bicyclic) bond motifs is 1. The third-order valence-corrected chi connectivity index (χ3v) is 5.39. The van der Waals surface area contributed by atoms with Crippen LogP contribution in [0.25, 0.3) is 10.8 Å². The fraction of sp³-hybridized carbons (Fsp3) is 0.261. The molecule has 0 bridgehead atoms. The Hall–Kier alpha value is -2.23. The molecule has 1 N–H and O–H groups in total. The van der Waals surface area contributed by atoms with Crippen molar-refractivity contribution in [2.45, 2.75) is 18.8 Å². The molecule has 1 saturated heterocycles. The summed E-state index contributed by atoms with van der Waals surface area (Å²) in [5.74, 6) is 0.106. The first-order valence-corrected chi connectivity index (χ1v) is 9.17. The van der Waals surface area contributed by atoms with E-state index in [0.29, 0.717) is 13.0 Å². The van der Waals surface area contributed by atoms with Crippen molar-refractivity contribution in [3.63, 3.8) is 0 Å². The maximum atomic E-state index is 13.2. The molecule has 1 heterocycles. The van der Waals surface area contributed by atoms with Gasteiger partial charge < -0.3 is 5.32 Å². The van der Waals surface area contributed by atoms with Crippen LogP contribution in [-0.2, 0) is 11.2 Å². The summed E-state index contributed by atoms with van der Waals surface area (Å²) in [4.78, 5) is 13.0. The molecule has 0 radical (unpaired) electrons. The van der Waals surface area contributed by atoms with Crippen molar-refractivity contribution in [3.8, 4) is 0 Å². The zero-order valence-corrected chi connectivity index (χ0v) is 15.8. The average Bonchev–Trinajstić information content (AvgIpc) is 2.68. The molecule has 4 heteroatoms. The highest BCUT2D eigenvalue weighted by Crippen LogP contribution is 2.32. The number of carbonyl (C=O) groups is 1. The summed E-state index contributed by atoms with van der Waals surface area (Å²) in [7, 11) is 0. The maximum Gasteiger partial charge on any atom is 0.142 e. The zero-order chi connectivity index (χ0) is 17.9. The normalized spacial score (nSPS) is 19.4. The maximum absolute atomic E-state index is 13.2. The summed E-state index contributed by atoms with van der Waals surface area (Å²) in [5, 5.41) is 5.70. The third kappa shape index (κ3) is 4.37. The van der Waals surface area contributed by atoms with Gasteiger partial charge in [-0.1, -0.05) is 54.6 Å². The second-order valence-corrected chi connectivity index (χ2v) is 7.08. The van der Waals surface area contributed by atoms with Crippen LogP contribution < -0.4 is 5.32 Å². The van der Waals surface area contributed by atoms with Crippen molar-refractivity contribution >= 4 is 29.0 Å². The van der Waals surface area contributed by atoms with E-state index < -0.39 is 0 Å². The van der Waals surface area contributed by atoms with Crippen LogP contribution >= 0.6 is 12.4 Å². The number of ketones is 1. The Kier molecular flexibility index (Phi) is 6.25. The number of benzene rings is 3. The number of nitrogens with one attached hydrogen (secondary N) is 1. The van der Waals surface area contributed by atoms with Gasteiger partial charge in [-0.05, 0) is 52.9 Å². The molecule has 0 aromatic heterocycles. The van der Waals surface area contributed by atoms with E-state index in [2.05, 4.69) is 29.6 Å². The molecule has 3 aromatic rings. The summed E-state index contributed by atoms with van der Waals surface area (Å²) in [6, 6.07) is 21.0. The van der Waals surface area contributed by atoms with Crippen LogP contribution in [-0.4, -0.2) is 18.9 Å². The number of rotatable bonds is 4. The van der Waals surface area contributed by atoms with Gasteiger partial charge in [-0.2, -0.15) is 0 Å². The van der Waals surface area contributed by atoms with Gasteiger partial charge in [0.15, 0.2) is 0 Å². The number of carbonyl (C=O) groups excluding carboxylic acids is 1. The van der Waals surface area contributed by atoms with Gasteiger partial charge in [0.2, 0.25) is 0 Å². The van der Waals surface area contributed by atoms with E-state index in [-0.39, 0.29) is 35.8 Å². The third-order valence-electron chi connectivity index (χ3n) is 5.39. The Morgan fingerprint density at radius 3 is 2.52 bits per heavy atom. The second-order valence-electron chi connectivity index (χ2n) is 7.08. The molecule has 1 fully saturated rings. The van der Waals surface area contributed by atoms with Crippen molar-refractivity contribution in [1.29, 1.82) is 0 Å². The first-order valence-electron chi connectivity index (χ1n) is 9.17. The Bertz CT molecular complexity index is 925. The molecule has 1 aliphatic heterocycles. The van der Waals surface area contributed by atoms with Crippen LogP contribution in [0.15, 0.2) is 66.7 Å². The highest BCUT2D eigenvalue weighted by atomic mass is 35.5. The van der Waals surface area contributed by atoms with Crippen LogP contribution in [0, 0.1) is 11.7 Å². The smallest absolute Gasteiger partial charge is 0.142 e. The second kappa shape index (κ2) is 8.64. The van der Waals surface area contributed by atoms with Gasteiger partial charge in [-0.3, -0.25) is 4.79 Å². The summed E-state index contributed by atoms with van der Waals surface area (Å²) >= 11 is 0. The Morgan fingerprint density at radius 2 is 1.74 bits per heavy atom. The molecule has 4 rings (SSSR count). The zero-order valence-electron chi connectivity index (χ0n) is 15.0. The van der Waals surface area contributed by atoms with Gasteiger partial charge >= 0.3 is 0 Å². The lowest BCUT2D eigenvalue weighted by Crippen LogP contribution is -2.40. The average molecular weight is 384 g/mol. The van der Waals surface area contributed by atoms with Crippen molar-refractivity contribution in [2.24, 2.45) is 5.92 Å². The lowest BCUT2D eigenvalue weighted by Gasteiger charge is -2.31. The molecule has 1 aliphatic rings. The first-order chi connectivity index (χ1) is 12.7. The lowest BCUT2D eigenvalue weighted by atomic mass is 9.77. The van der Waals surface area contributed by atoms with Crippen molar-refractivity contribution < 1.29 is 9.18 Å². The van der Waals surface area contributed by atoms with Gasteiger partial charge in [-0.15, -0.1) is 12.4 Å². The summed E-state index contributed by atoms with van der Waals surface area (Å²) < 4.78 is 13.2. The minimum atomic E-state index is -0.235. The van der Waals surface area contributed by atoms with Gasteiger partial charge in [-0.25, -0.2) is 4.39 Å². The molecule has 3 aromatic carbocycles. The van der Waals surface area contributed by atoms with Crippen LogP contribution in [0.5, 0.6) is 0 Å². The fourth-order valence-corrected chi connectivity index (χ4v) is 3.99. The molecule has 27 heavy (non-hydrogen) atoms. The minimum absolute atomic E-state index is 0. The van der Waals surface area contributed by atoms with E-state index in [9.17, 15) is 9.18 Å². The molecule has 0 saturated carbocycles. The molecule has 2 unspecified atom stereocenters. The summed E-state index contributed by atoms with van der Waals surface area (Å²) in [6.07, 6.45) is 1.34. The van der Waals surface area contributed by atoms with Crippen molar-refractivity contribution in [3.05, 3.63) is 83.7 Å². The molecule has 0 aliphatic carbocycles. The monoisotopic (exact) mass is 383 g/mol. The highest BCUT2D eigenvalue weighted by Gasteiger charge is 2.31. The topological polar surface area (TPSA) is 29.1 Å². The van der Waals surface area contributed by atoms with Gasteiger partial charge in [0.1, 0.15) is 11.6 Å². The standard InChI is InChI=1S/C23H22FNO.ClH/c24-20-9-7-18(8-10-20)21-11-12-25-15-22(21)23(26)14-16-5-6-17-3-1-2-4-19(17)13-16;/h1-10,13,21-22,25H,11-12,14-15H2;1H. The van der Waals surface area contributed by atoms with Gasteiger partial charge in [0.05, 0.1) is 0 Å². The Balaban J connectivity index is 0.00000210. The van der Waals surface area contributed by atoms with Crippen molar-refractivity contribution in [1.82, 2.24) is 5.32 Å². The van der Waals surface area contributed by atoms with Crippen LogP contribution in [0.3, 0.4) is 0 Å². The van der Waals surface area contributed by atoms with E-state index in [1.54, 1.807) is 0 Å². The van der Waals surface area contributed by atoms with Crippen LogP contribution in [0.1, 0.15) is 23.5 Å². The SMILES string of the molecule is Cl.O=C(Cc1ccc2ccccc2c1)C1CNCCC1c1ccc(F)cc1. The van der Waals surface area contributed by atoms with Gasteiger partial charge in [0, 0.05) is 18.9 Å². The molecule has 0 spiro atoms. The number of hydrogen-bond acceptors (Lipinski definition) is 2.